The fourth-order valence-corrected chi connectivity index (χ4v) is 2.61. The Balaban J connectivity index is 2.35. The molecule has 2 aromatic heterocycles. The van der Waals surface area contributed by atoms with Crippen molar-refractivity contribution < 1.29 is 13.9 Å². The molecule has 2 heterocycles. The van der Waals surface area contributed by atoms with Gasteiger partial charge in [0.05, 0.1) is 17.2 Å². The molecule has 0 atom stereocenters. The van der Waals surface area contributed by atoms with Crippen molar-refractivity contribution in [2.45, 2.75) is 33.6 Å². The van der Waals surface area contributed by atoms with Crippen LogP contribution in [0.5, 0.6) is 0 Å². The summed E-state index contributed by atoms with van der Waals surface area (Å²) >= 11 is 1.64. The smallest absolute Gasteiger partial charge is 0.376 e. The number of nitrogens with zero attached hydrogens (tertiary/aromatic N) is 1. The molecule has 0 amide bonds. The summed E-state index contributed by atoms with van der Waals surface area (Å²) in [6, 6.07) is 4.03. The van der Waals surface area contributed by atoms with Crippen LogP contribution in [-0.2, 0) is 17.6 Å². The molecule has 5 heteroatoms. The number of oxazole rings is 1. The zero-order valence-corrected chi connectivity index (χ0v) is 12.2. The molecule has 0 aliphatic carbocycles. The van der Waals surface area contributed by atoms with E-state index in [1.54, 1.807) is 18.3 Å². The van der Waals surface area contributed by atoms with Gasteiger partial charge in [0.1, 0.15) is 0 Å². The topological polar surface area (TPSA) is 52.3 Å². The van der Waals surface area contributed by atoms with Crippen molar-refractivity contribution in [3.63, 3.8) is 0 Å². The van der Waals surface area contributed by atoms with Gasteiger partial charge in [-0.15, -0.1) is 11.3 Å². The monoisotopic (exact) mass is 279 g/mol. The molecule has 0 spiro atoms. The lowest BCUT2D eigenvalue weighted by Gasteiger charge is -1.98. The van der Waals surface area contributed by atoms with Gasteiger partial charge in [-0.25, -0.2) is 9.78 Å². The average Bonchev–Trinajstić information content (AvgIpc) is 3.05. The van der Waals surface area contributed by atoms with E-state index in [0.717, 1.165) is 11.3 Å². The highest BCUT2D eigenvalue weighted by atomic mass is 32.1. The molecular weight excluding hydrogens is 262 g/mol. The second-order valence-electron chi connectivity index (χ2n) is 3.99. The Bertz CT molecular complexity index is 571. The Morgan fingerprint density at radius 3 is 2.68 bits per heavy atom. The molecule has 0 bridgehead atoms. The van der Waals surface area contributed by atoms with Gasteiger partial charge in [0.2, 0.25) is 11.7 Å². The molecule has 0 radical (unpaired) electrons. The summed E-state index contributed by atoms with van der Waals surface area (Å²) in [6.07, 6.45) is 1.63. The van der Waals surface area contributed by atoms with Crippen LogP contribution in [0.25, 0.3) is 10.8 Å². The zero-order valence-electron chi connectivity index (χ0n) is 11.4. The van der Waals surface area contributed by atoms with Crippen molar-refractivity contribution in [3.05, 3.63) is 28.5 Å². The molecule has 19 heavy (non-hydrogen) atoms. The molecule has 2 rings (SSSR count). The fraction of sp³-hybridized carbons (Fsp3) is 0.429. The third-order valence-electron chi connectivity index (χ3n) is 2.71. The van der Waals surface area contributed by atoms with Gasteiger partial charge in [-0.05, 0) is 31.9 Å². The van der Waals surface area contributed by atoms with E-state index in [9.17, 15) is 4.79 Å². The Morgan fingerprint density at radius 1 is 1.32 bits per heavy atom. The van der Waals surface area contributed by atoms with Crippen LogP contribution in [0.2, 0.25) is 0 Å². The van der Waals surface area contributed by atoms with Gasteiger partial charge in [0.15, 0.2) is 0 Å². The number of carbonyl (C=O) groups is 1. The minimum atomic E-state index is -0.439. The molecule has 0 aromatic carbocycles. The molecule has 0 N–H and O–H groups in total. The molecule has 0 fully saturated rings. The largest absolute Gasteiger partial charge is 0.460 e. The van der Waals surface area contributed by atoms with E-state index in [0.29, 0.717) is 24.6 Å². The standard InChI is InChI=1S/C14H17NO3S/c1-4-9-7-8-11(19-9)13-15-10(5-2)12(18-13)14(16)17-6-3/h7-8H,4-6H2,1-3H3. The molecule has 0 saturated carbocycles. The highest BCUT2D eigenvalue weighted by molar-refractivity contribution is 7.15. The minimum absolute atomic E-state index is 0.228. The highest BCUT2D eigenvalue weighted by Gasteiger charge is 2.21. The van der Waals surface area contributed by atoms with Gasteiger partial charge in [-0.2, -0.15) is 0 Å². The lowest BCUT2D eigenvalue weighted by atomic mass is 10.3. The Labute approximate surface area is 116 Å². The van der Waals surface area contributed by atoms with E-state index in [2.05, 4.69) is 18.0 Å². The predicted molar refractivity (Wildman–Crippen MR) is 74.5 cm³/mol. The first kappa shape index (κ1) is 13.8. The summed E-state index contributed by atoms with van der Waals surface area (Å²) in [5, 5.41) is 0. The molecule has 0 aliphatic heterocycles. The fourth-order valence-electron chi connectivity index (χ4n) is 1.74. The van der Waals surface area contributed by atoms with Crippen molar-refractivity contribution in [1.82, 2.24) is 4.98 Å². The van der Waals surface area contributed by atoms with E-state index in [4.69, 9.17) is 9.15 Å². The Morgan fingerprint density at radius 2 is 2.11 bits per heavy atom. The van der Waals surface area contributed by atoms with E-state index >= 15 is 0 Å². The van der Waals surface area contributed by atoms with E-state index in [-0.39, 0.29) is 5.76 Å². The second-order valence-corrected chi connectivity index (χ2v) is 5.16. The molecule has 0 aliphatic rings. The summed E-state index contributed by atoms with van der Waals surface area (Å²) < 4.78 is 10.6. The first-order chi connectivity index (χ1) is 9.19. The summed E-state index contributed by atoms with van der Waals surface area (Å²) in [5.41, 5.74) is 0.653. The van der Waals surface area contributed by atoms with Crippen LogP contribution in [0.1, 0.15) is 41.9 Å². The summed E-state index contributed by atoms with van der Waals surface area (Å²) in [6.45, 7) is 6.15. The SMILES string of the molecule is CCOC(=O)c1oc(-c2ccc(CC)s2)nc1CC. The third-order valence-corrected chi connectivity index (χ3v) is 3.93. The van der Waals surface area contributed by atoms with Crippen molar-refractivity contribution >= 4 is 17.3 Å². The van der Waals surface area contributed by atoms with Gasteiger partial charge in [0.25, 0.3) is 0 Å². The second kappa shape index (κ2) is 6.02. The maximum Gasteiger partial charge on any atom is 0.376 e. The van der Waals surface area contributed by atoms with Crippen LogP contribution in [0.15, 0.2) is 16.5 Å². The van der Waals surface area contributed by atoms with Gasteiger partial charge in [-0.3, -0.25) is 0 Å². The number of hydrogen-bond donors (Lipinski definition) is 0. The summed E-state index contributed by atoms with van der Waals surface area (Å²) in [5.74, 6) is 0.292. The lowest BCUT2D eigenvalue weighted by Crippen LogP contribution is -2.05. The van der Waals surface area contributed by atoms with Crippen LogP contribution in [0.4, 0.5) is 0 Å². The number of aromatic nitrogens is 1. The highest BCUT2D eigenvalue weighted by Crippen LogP contribution is 2.29. The van der Waals surface area contributed by atoms with E-state index < -0.39 is 5.97 Å². The quantitative estimate of drug-likeness (QED) is 0.783. The van der Waals surface area contributed by atoms with Gasteiger partial charge < -0.3 is 9.15 Å². The number of thiophene rings is 1. The minimum Gasteiger partial charge on any atom is -0.460 e. The van der Waals surface area contributed by atoms with E-state index in [1.165, 1.54) is 4.88 Å². The number of aryl methyl sites for hydroxylation is 2. The molecule has 0 unspecified atom stereocenters. The summed E-state index contributed by atoms with van der Waals surface area (Å²) in [4.78, 5) is 18.4. The van der Waals surface area contributed by atoms with Crippen LogP contribution in [0, 0.1) is 0 Å². The first-order valence-corrected chi connectivity index (χ1v) is 7.27. The van der Waals surface area contributed by atoms with Gasteiger partial charge in [0, 0.05) is 4.88 Å². The number of hydrogen-bond acceptors (Lipinski definition) is 5. The maximum absolute atomic E-state index is 11.8. The molecule has 0 saturated heterocycles. The number of carbonyl (C=O) groups excluding carboxylic acids is 1. The number of ether oxygens (including phenoxy) is 1. The van der Waals surface area contributed by atoms with Crippen molar-refractivity contribution in [3.8, 4) is 10.8 Å². The Kier molecular flexibility index (Phi) is 4.37. The first-order valence-electron chi connectivity index (χ1n) is 6.45. The van der Waals surface area contributed by atoms with Crippen molar-refractivity contribution in [2.75, 3.05) is 6.61 Å². The number of rotatable bonds is 5. The lowest BCUT2D eigenvalue weighted by molar-refractivity contribution is 0.0489. The zero-order chi connectivity index (χ0) is 13.8. The predicted octanol–water partition coefficient (Wildman–Crippen LogP) is 3.70. The normalized spacial score (nSPS) is 10.7. The molecule has 2 aromatic rings. The average molecular weight is 279 g/mol. The number of esters is 1. The molecular formula is C14H17NO3S. The maximum atomic E-state index is 11.8. The van der Waals surface area contributed by atoms with Crippen LogP contribution in [0.3, 0.4) is 0 Å². The van der Waals surface area contributed by atoms with Crippen LogP contribution < -0.4 is 0 Å². The van der Waals surface area contributed by atoms with Gasteiger partial charge in [-0.1, -0.05) is 13.8 Å². The van der Waals surface area contributed by atoms with Gasteiger partial charge >= 0.3 is 5.97 Å². The molecule has 4 nitrogen and oxygen atoms in total. The third kappa shape index (κ3) is 2.87. The van der Waals surface area contributed by atoms with Crippen molar-refractivity contribution in [2.24, 2.45) is 0 Å². The molecule has 102 valence electrons. The van der Waals surface area contributed by atoms with Crippen LogP contribution in [-0.4, -0.2) is 17.6 Å². The summed E-state index contributed by atoms with van der Waals surface area (Å²) in [7, 11) is 0. The van der Waals surface area contributed by atoms with E-state index in [1.807, 2.05) is 13.0 Å². The Hall–Kier alpha value is -1.62. The van der Waals surface area contributed by atoms with Crippen molar-refractivity contribution in [1.29, 1.82) is 0 Å². The van der Waals surface area contributed by atoms with Crippen LogP contribution >= 0.6 is 11.3 Å².